The van der Waals surface area contributed by atoms with Crippen molar-refractivity contribution in [3.05, 3.63) is 30.1 Å². The third kappa shape index (κ3) is 1.69. The van der Waals surface area contributed by atoms with Crippen LogP contribution in [0.25, 0.3) is 0 Å². The van der Waals surface area contributed by atoms with E-state index in [1.54, 1.807) is 17.3 Å². The van der Waals surface area contributed by atoms with E-state index >= 15 is 0 Å². The Morgan fingerprint density at radius 2 is 2.07 bits per heavy atom. The molecule has 74 valence electrons. The molecule has 0 spiro atoms. The van der Waals surface area contributed by atoms with Gasteiger partial charge in [0, 0.05) is 39.1 Å². The van der Waals surface area contributed by atoms with Gasteiger partial charge in [0.05, 0.1) is 0 Å². The van der Waals surface area contributed by atoms with Gasteiger partial charge in [-0.1, -0.05) is 0 Å². The van der Waals surface area contributed by atoms with Crippen molar-refractivity contribution in [2.45, 2.75) is 6.54 Å². The van der Waals surface area contributed by atoms with Crippen LogP contribution < -0.4 is 0 Å². The van der Waals surface area contributed by atoms with E-state index < -0.39 is 0 Å². The molecule has 0 unspecified atom stereocenters. The zero-order valence-corrected chi connectivity index (χ0v) is 8.18. The number of pyridine rings is 1. The second-order valence-corrected chi connectivity index (χ2v) is 3.48. The van der Waals surface area contributed by atoms with E-state index in [2.05, 4.69) is 4.98 Å². The Labute approximate surface area is 83.2 Å². The summed E-state index contributed by atoms with van der Waals surface area (Å²) in [5, 5.41) is 0. The molecule has 0 radical (unpaired) electrons. The minimum atomic E-state index is 0.113. The van der Waals surface area contributed by atoms with Crippen molar-refractivity contribution in [3.8, 4) is 0 Å². The van der Waals surface area contributed by atoms with Gasteiger partial charge in [-0.25, -0.2) is 4.79 Å². The molecule has 4 heteroatoms. The zero-order chi connectivity index (χ0) is 9.97. The predicted molar refractivity (Wildman–Crippen MR) is 52.7 cm³/mol. The molecular formula is C10H13N3O. The van der Waals surface area contributed by atoms with Gasteiger partial charge >= 0.3 is 6.03 Å². The number of rotatable bonds is 2. The van der Waals surface area contributed by atoms with Crippen LogP contribution in [0.4, 0.5) is 4.79 Å². The normalized spacial score (nSPS) is 16.5. The van der Waals surface area contributed by atoms with Crippen LogP contribution in [0, 0.1) is 0 Å². The van der Waals surface area contributed by atoms with Crippen LogP contribution in [0.15, 0.2) is 24.5 Å². The summed E-state index contributed by atoms with van der Waals surface area (Å²) in [4.78, 5) is 19.1. The number of aromatic nitrogens is 1. The first-order valence-corrected chi connectivity index (χ1v) is 4.66. The Bertz CT molecular complexity index is 325. The second kappa shape index (κ2) is 3.65. The molecule has 1 saturated heterocycles. The van der Waals surface area contributed by atoms with Gasteiger partial charge in [0.25, 0.3) is 0 Å². The summed E-state index contributed by atoms with van der Waals surface area (Å²) in [7, 11) is 1.83. The van der Waals surface area contributed by atoms with Gasteiger partial charge in [0.1, 0.15) is 0 Å². The lowest BCUT2D eigenvalue weighted by molar-refractivity contribution is 0.197. The van der Waals surface area contributed by atoms with Crippen LogP contribution in [0.2, 0.25) is 0 Å². The monoisotopic (exact) mass is 191 g/mol. The highest BCUT2D eigenvalue weighted by atomic mass is 16.2. The smallest absolute Gasteiger partial charge is 0.320 e. The summed E-state index contributed by atoms with van der Waals surface area (Å²) < 4.78 is 0. The average Bonchev–Trinajstić information content (AvgIpc) is 2.52. The van der Waals surface area contributed by atoms with Crippen LogP contribution in [0.3, 0.4) is 0 Å². The fourth-order valence-electron chi connectivity index (χ4n) is 1.56. The number of hydrogen-bond donors (Lipinski definition) is 0. The maximum Gasteiger partial charge on any atom is 0.320 e. The molecule has 4 nitrogen and oxygen atoms in total. The summed E-state index contributed by atoms with van der Waals surface area (Å²) in [5.74, 6) is 0. The quantitative estimate of drug-likeness (QED) is 0.697. The molecule has 0 aliphatic carbocycles. The van der Waals surface area contributed by atoms with Crippen molar-refractivity contribution in [2.24, 2.45) is 0 Å². The van der Waals surface area contributed by atoms with Gasteiger partial charge in [-0.2, -0.15) is 0 Å². The van der Waals surface area contributed by atoms with Crippen molar-refractivity contribution in [1.82, 2.24) is 14.8 Å². The molecule has 1 aliphatic rings. The van der Waals surface area contributed by atoms with Crippen LogP contribution in [-0.2, 0) is 6.54 Å². The second-order valence-electron chi connectivity index (χ2n) is 3.48. The molecule has 0 saturated carbocycles. The average molecular weight is 191 g/mol. The van der Waals surface area contributed by atoms with E-state index in [9.17, 15) is 4.79 Å². The van der Waals surface area contributed by atoms with Crippen LogP contribution in [0.1, 0.15) is 5.56 Å². The first-order chi connectivity index (χ1) is 6.77. The van der Waals surface area contributed by atoms with Gasteiger partial charge in [-0.15, -0.1) is 0 Å². The van der Waals surface area contributed by atoms with Crippen molar-refractivity contribution in [1.29, 1.82) is 0 Å². The number of carbonyl (C=O) groups is 1. The summed E-state index contributed by atoms with van der Waals surface area (Å²) in [6, 6.07) is 3.99. The fraction of sp³-hybridized carbons (Fsp3) is 0.400. The number of nitrogens with zero attached hydrogens (tertiary/aromatic N) is 3. The lowest BCUT2D eigenvalue weighted by Crippen LogP contribution is -2.28. The third-order valence-electron chi connectivity index (χ3n) is 2.43. The minimum Gasteiger partial charge on any atom is -0.326 e. The summed E-state index contributed by atoms with van der Waals surface area (Å²) in [5.41, 5.74) is 1.13. The van der Waals surface area contributed by atoms with Gasteiger partial charge in [-0.05, 0) is 17.7 Å². The van der Waals surface area contributed by atoms with Crippen molar-refractivity contribution >= 4 is 6.03 Å². The molecule has 0 bridgehead atoms. The number of hydrogen-bond acceptors (Lipinski definition) is 2. The number of likely N-dealkylation sites (N-methyl/N-ethyl adjacent to an activating group) is 1. The summed E-state index contributed by atoms with van der Waals surface area (Å²) in [6.07, 6.45) is 3.50. The zero-order valence-electron chi connectivity index (χ0n) is 8.18. The Morgan fingerprint density at radius 3 is 2.64 bits per heavy atom. The highest BCUT2D eigenvalue weighted by molar-refractivity contribution is 5.76. The molecule has 2 heterocycles. The van der Waals surface area contributed by atoms with E-state index in [1.165, 1.54) is 0 Å². The molecule has 0 N–H and O–H groups in total. The first-order valence-electron chi connectivity index (χ1n) is 4.66. The van der Waals surface area contributed by atoms with Crippen LogP contribution in [-0.4, -0.2) is 41.0 Å². The van der Waals surface area contributed by atoms with E-state index in [4.69, 9.17) is 0 Å². The largest absolute Gasteiger partial charge is 0.326 e. The number of carbonyl (C=O) groups excluding carboxylic acids is 1. The summed E-state index contributed by atoms with van der Waals surface area (Å²) >= 11 is 0. The maximum atomic E-state index is 11.5. The van der Waals surface area contributed by atoms with Crippen LogP contribution >= 0.6 is 0 Å². The lowest BCUT2D eigenvalue weighted by atomic mass is 10.2. The van der Waals surface area contributed by atoms with E-state index in [0.717, 1.165) is 18.7 Å². The molecule has 14 heavy (non-hydrogen) atoms. The van der Waals surface area contributed by atoms with Gasteiger partial charge in [-0.3, -0.25) is 4.98 Å². The molecule has 1 fully saturated rings. The molecule has 2 rings (SSSR count). The molecule has 0 atom stereocenters. The van der Waals surface area contributed by atoms with E-state index in [0.29, 0.717) is 6.54 Å². The Balaban J connectivity index is 2.02. The van der Waals surface area contributed by atoms with Gasteiger partial charge < -0.3 is 9.80 Å². The molecular weight excluding hydrogens is 178 g/mol. The Morgan fingerprint density at radius 1 is 1.36 bits per heavy atom. The highest BCUT2D eigenvalue weighted by Crippen LogP contribution is 2.10. The van der Waals surface area contributed by atoms with Crippen molar-refractivity contribution < 1.29 is 4.79 Å². The van der Waals surface area contributed by atoms with Gasteiger partial charge in [0.15, 0.2) is 0 Å². The fourth-order valence-corrected chi connectivity index (χ4v) is 1.56. The SMILES string of the molecule is CN1CCN(Cc2ccncc2)C1=O. The topological polar surface area (TPSA) is 36.4 Å². The lowest BCUT2D eigenvalue weighted by Gasteiger charge is -2.15. The number of amides is 2. The van der Waals surface area contributed by atoms with E-state index in [-0.39, 0.29) is 6.03 Å². The molecule has 1 aromatic rings. The van der Waals surface area contributed by atoms with Crippen molar-refractivity contribution in [2.75, 3.05) is 20.1 Å². The van der Waals surface area contributed by atoms with Crippen molar-refractivity contribution in [3.63, 3.8) is 0 Å². The molecule has 1 aromatic heterocycles. The molecule has 0 aromatic carbocycles. The maximum absolute atomic E-state index is 11.5. The van der Waals surface area contributed by atoms with E-state index in [1.807, 2.05) is 24.1 Å². The highest BCUT2D eigenvalue weighted by Gasteiger charge is 2.24. The van der Waals surface area contributed by atoms with Gasteiger partial charge in [0.2, 0.25) is 0 Å². The number of urea groups is 1. The standard InChI is InChI=1S/C10H13N3O/c1-12-6-7-13(10(12)14)8-9-2-4-11-5-3-9/h2-5H,6-8H2,1H3. The summed E-state index contributed by atoms with van der Waals surface area (Å²) in [6.45, 7) is 2.33. The third-order valence-corrected chi connectivity index (χ3v) is 2.43. The Kier molecular flexibility index (Phi) is 2.35. The molecule has 1 aliphatic heterocycles. The Hall–Kier alpha value is -1.58. The minimum absolute atomic E-state index is 0.113. The first kappa shape index (κ1) is 8.99. The predicted octanol–water partition coefficient (Wildman–Crippen LogP) is 0.949. The van der Waals surface area contributed by atoms with Crippen LogP contribution in [0.5, 0.6) is 0 Å². The molecule has 2 amide bonds.